The van der Waals surface area contributed by atoms with Gasteiger partial charge >= 0.3 is 0 Å². The van der Waals surface area contributed by atoms with Gasteiger partial charge in [0.05, 0.1) is 41.4 Å². The highest BCUT2D eigenvalue weighted by molar-refractivity contribution is 5.74. The third-order valence-electron chi connectivity index (χ3n) is 5.25. The number of nitrogens with zero attached hydrogens (tertiary/aromatic N) is 4. The van der Waals surface area contributed by atoms with Crippen LogP contribution in [0, 0.1) is 13.8 Å². The van der Waals surface area contributed by atoms with Gasteiger partial charge in [0.25, 0.3) is 0 Å². The Morgan fingerprint density at radius 3 is 2.38 bits per heavy atom. The molecule has 4 aromatic rings. The molecule has 4 rings (SSSR count). The van der Waals surface area contributed by atoms with Crippen LogP contribution in [0.5, 0.6) is 5.75 Å². The van der Waals surface area contributed by atoms with E-state index in [1.165, 1.54) is 0 Å². The van der Waals surface area contributed by atoms with Crippen molar-refractivity contribution in [2.24, 2.45) is 0 Å². The summed E-state index contributed by atoms with van der Waals surface area (Å²) in [6.45, 7) is 6.89. The number of para-hydroxylation sites is 2. The molecule has 0 radical (unpaired) electrons. The predicted molar refractivity (Wildman–Crippen MR) is 114 cm³/mol. The van der Waals surface area contributed by atoms with E-state index in [0.29, 0.717) is 6.54 Å². The van der Waals surface area contributed by atoms with E-state index >= 15 is 0 Å². The minimum absolute atomic E-state index is 0.134. The maximum atomic E-state index is 5.24. The van der Waals surface area contributed by atoms with E-state index in [-0.39, 0.29) is 6.04 Å². The van der Waals surface area contributed by atoms with E-state index in [4.69, 9.17) is 9.72 Å². The van der Waals surface area contributed by atoms with Gasteiger partial charge in [0.15, 0.2) is 0 Å². The first kappa shape index (κ1) is 19.1. The summed E-state index contributed by atoms with van der Waals surface area (Å²) < 4.78 is 7.19. The molecule has 29 heavy (non-hydrogen) atoms. The molecule has 148 valence electrons. The quantitative estimate of drug-likeness (QED) is 0.535. The van der Waals surface area contributed by atoms with Gasteiger partial charge in [-0.05, 0) is 57.2 Å². The summed E-state index contributed by atoms with van der Waals surface area (Å²) in [6.07, 6.45) is 1.93. The lowest BCUT2D eigenvalue weighted by Crippen LogP contribution is -2.20. The normalized spacial score (nSPS) is 12.3. The Bertz CT molecular complexity index is 1130. The summed E-state index contributed by atoms with van der Waals surface area (Å²) in [7, 11) is 1.67. The van der Waals surface area contributed by atoms with Crippen LogP contribution in [0.15, 0.2) is 54.7 Å². The number of benzene rings is 2. The lowest BCUT2D eigenvalue weighted by atomic mass is 10.1. The van der Waals surface area contributed by atoms with Gasteiger partial charge in [-0.1, -0.05) is 12.1 Å². The number of rotatable bonds is 6. The first-order chi connectivity index (χ1) is 14.1. The van der Waals surface area contributed by atoms with Gasteiger partial charge in [-0.3, -0.25) is 0 Å². The van der Waals surface area contributed by atoms with Crippen molar-refractivity contribution < 1.29 is 4.74 Å². The molecule has 0 bridgehead atoms. The van der Waals surface area contributed by atoms with Crippen molar-refractivity contribution in [2.45, 2.75) is 33.4 Å². The molecule has 2 aromatic carbocycles. The van der Waals surface area contributed by atoms with Gasteiger partial charge in [-0.2, -0.15) is 5.10 Å². The number of hydrogen-bond acceptors (Lipinski definition) is 5. The molecule has 2 aromatic heterocycles. The highest BCUT2D eigenvalue weighted by atomic mass is 16.5. The lowest BCUT2D eigenvalue weighted by molar-refractivity contribution is 0.414. The van der Waals surface area contributed by atoms with Gasteiger partial charge in [0, 0.05) is 23.8 Å². The second-order valence-electron chi connectivity index (χ2n) is 7.14. The maximum absolute atomic E-state index is 5.24. The first-order valence-electron chi connectivity index (χ1n) is 9.71. The van der Waals surface area contributed by atoms with Crippen molar-refractivity contribution in [3.63, 3.8) is 0 Å². The number of ether oxygens (including phenoxy) is 1. The van der Waals surface area contributed by atoms with Crippen LogP contribution in [0.25, 0.3) is 16.7 Å². The standard InChI is InChI=1S/C23H25N5O/c1-15(24-14-23-16(2)26-21-7-5-6-8-22(21)27-23)20-13-25-28(17(20)3)18-9-11-19(29-4)12-10-18/h5-13,15,24H,14H2,1-4H3. The topological polar surface area (TPSA) is 64.9 Å². The smallest absolute Gasteiger partial charge is 0.119 e. The van der Waals surface area contributed by atoms with Crippen molar-refractivity contribution in [3.8, 4) is 11.4 Å². The largest absolute Gasteiger partial charge is 0.497 e. The molecule has 1 atom stereocenters. The fourth-order valence-corrected chi connectivity index (χ4v) is 3.48. The molecule has 0 fully saturated rings. The molecule has 6 heteroatoms. The van der Waals surface area contributed by atoms with Crippen LogP contribution in [0.4, 0.5) is 0 Å². The number of fused-ring (bicyclic) bond motifs is 1. The molecule has 0 saturated carbocycles. The van der Waals surface area contributed by atoms with Crippen LogP contribution >= 0.6 is 0 Å². The number of aromatic nitrogens is 4. The average molecular weight is 387 g/mol. The van der Waals surface area contributed by atoms with Crippen molar-refractivity contribution >= 4 is 11.0 Å². The zero-order valence-electron chi connectivity index (χ0n) is 17.2. The van der Waals surface area contributed by atoms with Gasteiger partial charge in [0.2, 0.25) is 0 Å². The molecule has 0 aliphatic rings. The van der Waals surface area contributed by atoms with E-state index in [1.807, 2.05) is 66.3 Å². The van der Waals surface area contributed by atoms with E-state index < -0.39 is 0 Å². The van der Waals surface area contributed by atoms with Crippen LogP contribution < -0.4 is 10.1 Å². The SMILES string of the molecule is COc1ccc(-n2ncc(C(C)NCc3nc4ccccc4nc3C)c2C)cc1. The molecular formula is C23H25N5O. The minimum Gasteiger partial charge on any atom is -0.497 e. The number of aryl methyl sites for hydroxylation is 1. The van der Waals surface area contributed by atoms with Gasteiger partial charge < -0.3 is 10.1 Å². The molecule has 0 amide bonds. The minimum atomic E-state index is 0.134. The summed E-state index contributed by atoms with van der Waals surface area (Å²) in [5.41, 5.74) is 7.05. The summed E-state index contributed by atoms with van der Waals surface area (Å²) in [5.74, 6) is 0.834. The summed E-state index contributed by atoms with van der Waals surface area (Å²) in [6, 6.07) is 16.0. The summed E-state index contributed by atoms with van der Waals surface area (Å²) in [4.78, 5) is 9.45. The van der Waals surface area contributed by atoms with Crippen molar-refractivity contribution in [1.82, 2.24) is 25.1 Å². The van der Waals surface area contributed by atoms with Crippen LogP contribution in [0.3, 0.4) is 0 Å². The molecular weight excluding hydrogens is 362 g/mol. The second-order valence-corrected chi connectivity index (χ2v) is 7.14. The Morgan fingerprint density at radius 2 is 1.69 bits per heavy atom. The molecule has 1 N–H and O–H groups in total. The van der Waals surface area contributed by atoms with E-state index in [1.54, 1.807) is 7.11 Å². The third-order valence-corrected chi connectivity index (χ3v) is 5.25. The Labute approximate surface area is 170 Å². The molecule has 2 heterocycles. The Balaban J connectivity index is 1.51. The van der Waals surface area contributed by atoms with Gasteiger partial charge in [-0.15, -0.1) is 0 Å². The molecule has 0 spiro atoms. The fraction of sp³-hybridized carbons (Fsp3) is 0.261. The van der Waals surface area contributed by atoms with Crippen LogP contribution in [0.1, 0.15) is 35.6 Å². The number of hydrogen-bond donors (Lipinski definition) is 1. The van der Waals surface area contributed by atoms with Crippen molar-refractivity contribution in [1.29, 1.82) is 0 Å². The van der Waals surface area contributed by atoms with Crippen LogP contribution in [-0.2, 0) is 6.54 Å². The van der Waals surface area contributed by atoms with E-state index in [9.17, 15) is 0 Å². The average Bonchev–Trinajstić information content (AvgIpc) is 3.13. The number of nitrogens with one attached hydrogen (secondary N) is 1. The first-order valence-corrected chi connectivity index (χ1v) is 9.71. The van der Waals surface area contributed by atoms with Gasteiger partial charge in [0.1, 0.15) is 5.75 Å². The van der Waals surface area contributed by atoms with Crippen LogP contribution in [0.2, 0.25) is 0 Å². The maximum Gasteiger partial charge on any atom is 0.119 e. The third kappa shape index (κ3) is 3.84. The highest BCUT2D eigenvalue weighted by Gasteiger charge is 2.15. The monoisotopic (exact) mass is 387 g/mol. The van der Waals surface area contributed by atoms with E-state index in [2.05, 4.69) is 29.2 Å². The molecule has 0 saturated heterocycles. The lowest BCUT2D eigenvalue weighted by Gasteiger charge is -2.15. The highest BCUT2D eigenvalue weighted by Crippen LogP contribution is 2.22. The second kappa shape index (κ2) is 8.01. The molecule has 0 aliphatic carbocycles. The fourth-order valence-electron chi connectivity index (χ4n) is 3.48. The van der Waals surface area contributed by atoms with Crippen molar-refractivity contribution in [2.75, 3.05) is 7.11 Å². The molecule has 6 nitrogen and oxygen atoms in total. The zero-order valence-corrected chi connectivity index (χ0v) is 17.2. The predicted octanol–water partition coefficient (Wildman–Crippen LogP) is 4.29. The molecule has 1 unspecified atom stereocenters. The summed E-state index contributed by atoms with van der Waals surface area (Å²) >= 11 is 0. The Morgan fingerprint density at radius 1 is 1.00 bits per heavy atom. The Hall–Kier alpha value is -3.25. The number of methoxy groups -OCH3 is 1. The Kier molecular flexibility index (Phi) is 5.27. The van der Waals surface area contributed by atoms with Crippen LogP contribution in [-0.4, -0.2) is 26.9 Å². The van der Waals surface area contributed by atoms with E-state index in [0.717, 1.165) is 45.1 Å². The summed E-state index contributed by atoms with van der Waals surface area (Å²) in [5, 5.41) is 8.15. The zero-order chi connectivity index (χ0) is 20.4. The van der Waals surface area contributed by atoms with Gasteiger partial charge in [-0.25, -0.2) is 14.6 Å². The molecule has 0 aliphatic heterocycles. The van der Waals surface area contributed by atoms with Crippen molar-refractivity contribution in [3.05, 3.63) is 77.4 Å².